The van der Waals surface area contributed by atoms with Crippen LogP contribution < -0.4 is 4.72 Å². The van der Waals surface area contributed by atoms with Crippen molar-refractivity contribution in [2.24, 2.45) is 16.3 Å². The summed E-state index contributed by atoms with van der Waals surface area (Å²) in [5, 5.41) is 11.7. The molecule has 230 valence electrons. The standard InChI is InChI=1S/C35H41N5O3S/c1-2-39-18-16-35(23-39)17-19-40(24-35)22-26-10-12-28(13-11-26)37-33(27-6-4-3-5-7-27)32-30-20-29(14-15-31(30)38-34(32)41)44(42,43)36-21-25-8-9-25/h3-7,10-15,20,25,36,38,41H,2,8-9,16-19,21-24H2,1H3. The number of aromatic nitrogens is 1. The first-order valence-corrected chi connectivity index (χ1v) is 17.3. The number of aliphatic imine (C=N–C) groups is 1. The molecule has 1 spiro atoms. The van der Waals surface area contributed by atoms with Gasteiger partial charge in [0.2, 0.25) is 10.0 Å². The second-order valence-corrected chi connectivity index (χ2v) is 14.7. The minimum atomic E-state index is -3.68. The van der Waals surface area contributed by atoms with Gasteiger partial charge in [0.1, 0.15) is 0 Å². The molecule has 3 heterocycles. The Morgan fingerprint density at radius 3 is 2.43 bits per heavy atom. The van der Waals surface area contributed by atoms with E-state index in [1.165, 1.54) is 31.5 Å². The van der Waals surface area contributed by atoms with Crippen LogP contribution in [0.4, 0.5) is 5.69 Å². The molecule has 4 aromatic rings. The lowest BCUT2D eigenvalue weighted by atomic mass is 9.86. The zero-order valence-corrected chi connectivity index (χ0v) is 26.1. The maximum Gasteiger partial charge on any atom is 0.240 e. The minimum absolute atomic E-state index is 0.0452. The van der Waals surface area contributed by atoms with Crippen molar-refractivity contribution in [3.05, 3.63) is 89.5 Å². The Bertz CT molecular complexity index is 1780. The van der Waals surface area contributed by atoms with E-state index in [0.29, 0.717) is 40.1 Å². The van der Waals surface area contributed by atoms with Crippen molar-refractivity contribution in [3.8, 4) is 5.88 Å². The Balaban J connectivity index is 1.17. The molecule has 1 aliphatic carbocycles. The number of hydrogen-bond acceptors (Lipinski definition) is 6. The molecule has 1 saturated carbocycles. The van der Waals surface area contributed by atoms with E-state index >= 15 is 0 Å². The van der Waals surface area contributed by atoms with Gasteiger partial charge in [-0.15, -0.1) is 0 Å². The highest BCUT2D eigenvalue weighted by molar-refractivity contribution is 7.89. The molecule has 3 N–H and O–H groups in total. The van der Waals surface area contributed by atoms with E-state index in [1.807, 2.05) is 42.5 Å². The molecule has 9 heteroatoms. The SMILES string of the molecule is CCN1CCC2(CCN(Cc3ccc(N=C(c4ccccc4)c4c(O)[nH]c5ccc(S(=O)(=O)NCC6CC6)cc45)cc3)C2)C1. The summed E-state index contributed by atoms with van der Waals surface area (Å²) in [6, 6.07) is 23.0. The van der Waals surface area contributed by atoms with Gasteiger partial charge in [-0.1, -0.05) is 49.4 Å². The first kappa shape index (κ1) is 29.2. The van der Waals surface area contributed by atoms with E-state index in [1.54, 1.807) is 18.2 Å². The minimum Gasteiger partial charge on any atom is -0.494 e. The molecular weight excluding hydrogens is 570 g/mol. The van der Waals surface area contributed by atoms with Crippen LogP contribution in [0.3, 0.4) is 0 Å². The first-order valence-electron chi connectivity index (χ1n) is 15.8. The number of sulfonamides is 1. The van der Waals surface area contributed by atoms with Crippen molar-refractivity contribution >= 4 is 32.3 Å². The lowest BCUT2D eigenvalue weighted by molar-refractivity contribution is 0.241. The zero-order valence-electron chi connectivity index (χ0n) is 25.3. The van der Waals surface area contributed by atoms with Crippen LogP contribution in [0.1, 0.15) is 49.3 Å². The highest BCUT2D eigenvalue weighted by atomic mass is 32.2. The van der Waals surface area contributed by atoms with Gasteiger partial charge in [-0.05, 0) is 92.5 Å². The first-order chi connectivity index (χ1) is 21.3. The molecule has 1 atom stereocenters. The van der Waals surface area contributed by atoms with Gasteiger partial charge in [-0.25, -0.2) is 18.1 Å². The monoisotopic (exact) mass is 611 g/mol. The summed E-state index contributed by atoms with van der Waals surface area (Å²) < 4.78 is 28.9. The van der Waals surface area contributed by atoms with Gasteiger partial charge in [-0.3, -0.25) is 4.90 Å². The van der Waals surface area contributed by atoms with Crippen LogP contribution in [-0.4, -0.2) is 73.3 Å². The fraction of sp³-hybridized carbons (Fsp3) is 0.400. The third-order valence-electron chi connectivity index (χ3n) is 9.67. The molecule has 0 bridgehead atoms. The van der Waals surface area contributed by atoms with Crippen LogP contribution in [0, 0.1) is 11.3 Å². The van der Waals surface area contributed by atoms with Crippen LogP contribution in [0.5, 0.6) is 5.88 Å². The highest BCUT2D eigenvalue weighted by Gasteiger charge is 2.42. The summed E-state index contributed by atoms with van der Waals surface area (Å²) in [4.78, 5) is 13.4. The number of nitrogens with one attached hydrogen (secondary N) is 2. The number of nitrogens with zero attached hydrogens (tertiary/aromatic N) is 3. The predicted molar refractivity (Wildman–Crippen MR) is 175 cm³/mol. The van der Waals surface area contributed by atoms with Crippen molar-refractivity contribution in [1.29, 1.82) is 0 Å². The fourth-order valence-electron chi connectivity index (χ4n) is 6.91. The van der Waals surface area contributed by atoms with Crippen LogP contribution in [0.15, 0.2) is 82.7 Å². The van der Waals surface area contributed by atoms with Crippen LogP contribution >= 0.6 is 0 Å². The fourth-order valence-corrected chi connectivity index (χ4v) is 8.06. The molecule has 0 amide bonds. The summed E-state index contributed by atoms with van der Waals surface area (Å²) >= 11 is 0. The summed E-state index contributed by atoms with van der Waals surface area (Å²) in [7, 11) is -3.68. The molecule has 44 heavy (non-hydrogen) atoms. The van der Waals surface area contributed by atoms with Gasteiger partial charge in [0.25, 0.3) is 0 Å². The molecule has 1 aromatic heterocycles. The number of likely N-dealkylation sites (tertiary alicyclic amines) is 2. The summed E-state index contributed by atoms with van der Waals surface area (Å²) in [5.74, 6) is 0.380. The van der Waals surface area contributed by atoms with Gasteiger partial charge in [0.15, 0.2) is 5.88 Å². The Morgan fingerprint density at radius 1 is 1.00 bits per heavy atom. The number of hydrogen-bond donors (Lipinski definition) is 3. The van der Waals surface area contributed by atoms with Crippen LogP contribution in [0.2, 0.25) is 0 Å². The molecule has 0 radical (unpaired) electrons. The summed E-state index contributed by atoms with van der Waals surface area (Å²) in [6.07, 6.45) is 4.70. The van der Waals surface area contributed by atoms with Crippen molar-refractivity contribution in [2.45, 2.75) is 44.0 Å². The molecule has 3 aromatic carbocycles. The number of H-pyrrole nitrogens is 1. The van der Waals surface area contributed by atoms with E-state index in [0.717, 1.165) is 50.3 Å². The van der Waals surface area contributed by atoms with E-state index in [4.69, 9.17) is 4.99 Å². The number of aromatic hydroxyl groups is 1. The predicted octanol–water partition coefficient (Wildman–Crippen LogP) is 5.65. The zero-order chi connectivity index (χ0) is 30.3. The van der Waals surface area contributed by atoms with Crippen molar-refractivity contribution in [3.63, 3.8) is 0 Å². The summed E-state index contributed by atoms with van der Waals surface area (Å²) in [5.41, 5.74) is 5.01. The highest BCUT2D eigenvalue weighted by Crippen LogP contribution is 2.40. The molecule has 1 unspecified atom stereocenters. The maximum absolute atomic E-state index is 13.1. The number of aromatic amines is 1. The smallest absolute Gasteiger partial charge is 0.240 e. The Hall–Kier alpha value is -3.50. The largest absolute Gasteiger partial charge is 0.494 e. The van der Waals surface area contributed by atoms with E-state index in [2.05, 4.69) is 38.6 Å². The third-order valence-corrected chi connectivity index (χ3v) is 11.1. The third kappa shape index (κ3) is 6.06. The Labute approximate surface area is 259 Å². The second-order valence-electron chi connectivity index (χ2n) is 12.9. The van der Waals surface area contributed by atoms with Gasteiger partial charge < -0.3 is 15.0 Å². The lowest BCUT2D eigenvalue weighted by Crippen LogP contribution is -2.30. The molecule has 8 nitrogen and oxygen atoms in total. The Kier molecular flexibility index (Phi) is 7.82. The normalized spacial score (nSPS) is 21.6. The topological polar surface area (TPSA) is 101 Å². The Morgan fingerprint density at radius 2 is 1.73 bits per heavy atom. The van der Waals surface area contributed by atoms with Crippen LogP contribution in [-0.2, 0) is 16.6 Å². The number of benzene rings is 3. The summed E-state index contributed by atoms with van der Waals surface area (Å²) in [6.45, 7) is 9.53. The molecule has 2 aliphatic heterocycles. The molecule has 2 saturated heterocycles. The van der Waals surface area contributed by atoms with Crippen molar-refractivity contribution < 1.29 is 13.5 Å². The number of fused-ring (bicyclic) bond motifs is 1. The lowest BCUT2D eigenvalue weighted by Gasteiger charge is -2.24. The van der Waals surface area contributed by atoms with Gasteiger partial charge >= 0.3 is 0 Å². The number of rotatable bonds is 10. The molecule has 3 aliphatic rings. The average molecular weight is 612 g/mol. The quantitative estimate of drug-likeness (QED) is 0.201. The van der Waals surface area contributed by atoms with Crippen LogP contribution in [0.25, 0.3) is 10.9 Å². The average Bonchev–Trinajstić information content (AvgIpc) is 3.53. The van der Waals surface area contributed by atoms with Gasteiger partial charge in [0, 0.05) is 42.6 Å². The van der Waals surface area contributed by atoms with Crippen molar-refractivity contribution in [1.82, 2.24) is 19.5 Å². The van der Waals surface area contributed by atoms with Crippen molar-refractivity contribution in [2.75, 3.05) is 39.3 Å². The molecule has 3 fully saturated rings. The second kappa shape index (κ2) is 11.8. The van der Waals surface area contributed by atoms with E-state index < -0.39 is 10.0 Å². The molecule has 7 rings (SSSR count). The maximum atomic E-state index is 13.1. The van der Waals surface area contributed by atoms with Gasteiger partial charge in [0.05, 0.1) is 21.9 Å². The van der Waals surface area contributed by atoms with E-state index in [9.17, 15) is 13.5 Å². The molecular formula is C35H41N5O3S. The van der Waals surface area contributed by atoms with E-state index in [-0.39, 0.29) is 10.8 Å². The van der Waals surface area contributed by atoms with Gasteiger partial charge in [-0.2, -0.15) is 0 Å².